The smallest absolute Gasteiger partial charge is 0.311 e. The fourth-order valence-electron chi connectivity index (χ4n) is 0.487. The zero-order valence-electron chi connectivity index (χ0n) is 8.26. The summed E-state index contributed by atoms with van der Waals surface area (Å²) in [6, 6.07) is 0. The van der Waals surface area contributed by atoms with Gasteiger partial charge in [-0.15, -0.1) is 0 Å². The molecule has 0 rings (SSSR count). The van der Waals surface area contributed by atoms with Crippen molar-refractivity contribution in [3.05, 3.63) is 0 Å². The molecule has 0 saturated carbocycles. The molecule has 1 unspecified atom stereocenters. The van der Waals surface area contributed by atoms with Gasteiger partial charge >= 0.3 is 5.97 Å². The third-order valence-electron chi connectivity index (χ3n) is 1.42. The number of hydrogen-bond donors (Lipinski definition) is 1. The van der Waals surface area contributed by atoms with Crippen molar-refractivity contribution in [3.8, 4) is 0 Å². The van der Waals surface area contributed by atoms with E-state index in [1.807, 2.05) is 6.92 Å². The van der Waals surface area contributed by atoms with Gasteiger partial charge in [0.1, 0.15) is 0 Å². The fraction of sp³-hybridized carbons (Fsp3) is 0.889. The highest BCUT2D eigenvalue weighted by Gasteiger charge is 2.23. The Kier molecular flexibility index (Phi) is 4.24. The minimum atomic E-state index is -0.449. The summed E-state index contributed by atoms with van der Waals surface area (Å²) in [5.74, 6) is -0.195. The number of aliphatic hydroxyl groups is 1. The number of hydrogen-bond acceptors (Lipinski definition) is 3. The number of aliphatic hydroxyl groups excluding tert-OH is 1. The maximum Gasteiger partial charge on any atom is 0.311 e. The van der Waals surface area contributed by atoms with Crippen LogP contribution in [0.1, 0.15) is 27.7 Å². The van der Waals surface area contributed by atoms with E-state index in [2.05, 4.69) is 0 Å². The molecule has 0 radical (unpaired) electrons. The molecular formula is C9H18O3. The maximum atomic E-state index is 11.2. The molecule has 0 aliphatic carbocycles. The lowest BCUT2D eigenvalue weighted by molar-refractivity contribution is -0.154. The molecule has 0 aromatic rings. The Balaban J connectivity index is 3.73. The summed E-state index contributed by atoms with van der Waals surface area (Å²) >= 11 is 0. The van der Waals surface area contributed by atoms with E-state index in [0.717, 1.165) is 0 Å². The highest BCUT2D eigenvalue weighted by Crippen LogP contribution is 2.15. The summed E-state index contributed by atoms with van der Waals surface area (Å²) in [6.45, 7) is 7.59. The first-order valence-corrected chi connectivity index (χ1v) is 4.16. The molecular weight excluding hydrogens is 156 g/mol. The summed E-state index contributed by atoms with van der Waals surface area (Å²) in [5.41, 5.74) is -0.449. The van der Waals surface area contributed by atoms with Crippen LogP contribution in [0.15, 0.2) is 0 Å². The Labute approximate surface area is 73.7 Å². The second-order valence-corrected chi connectivity index (χ2v) is 4.14. The molecule has 0 spiro atoms. The monoisotopic (exact) mass is 174 g/mol. The van der Waals surface area contributed by atoms with Crippen molar-refractivity contribution in [3.63, 3.8) is 0 Å². The summed E-state index contributed by atoms with van der Waals surface area (Å²) in [6.07, 6.45) is 0. The van der Waals surface area contributed by atoms with Gasteiger partial charge in [0.05, 0.1) is 12.0 Å². The Bertz CT molecular complexity index is 146. The number of rotatable bonds is 3. The molecule has 0 amide bonds. The van der Waals surface area contributed by atoms with Crippen molar-refractivity contribution in [1.29, 1.82) is 0 Å². The van der Waals surface area contributed by atoms with Crippen LogP contribution >= 0.6 is 0 Å². The molecule has 0 heterocycles. The van der Waals surface area contributed by atoms with Crippen LogP contribution in [0.4, 0.5) is 0 Å². The van der Waals surface area contributed by atoms with Crippen molar-refractivity contribution >= 4 is 5.97 Å². The number of ether oxygens (including phenoxy) is 1. The van der Waals surface area contributed by atoms with Gasteiger partial charge in [-0.05, 0) is 20.8 Å². The van der Waals surface area contributed by atoms with Gasteiger partial charge in [-0.2, -0.15) is 0 Å². The van der Waals surface area contributed by atoms with Crippen molar-refractivity contribution in [2.75, 3.05) is 13.2 Å². The van der Waals surface area contributed by atoms with Crippen LogP contribution in [-0.2, 0) is 9.53 Å². The quantitative estimate of drug-likeness (QED) is 0.654. The van der Waals surface area contributed by atoms with Crippen LogP contribution in [0.3, 0.4) is 0 Å². The Morgan fingerprint density at radius 3 is 2.33 bits per heavy atom. The lowest BCUT2D eigenvalue weighted by Gasteiger charge is -2.17. The van der Waals surface area contributed by atoms with Gasteiger partial charge in [-0.25, -0.2) is 0 Å². The van der Waals surface area contributed by atoms with E-state index in [1.165, 1.54) is 0 Å². The zero-order chi connectivity index (χ0) is 9.78. The van der Waals surface area contributed by atoms with Crippen LogP contribution in [0.25, 0.3) is 0 Å². The predicted octanol–water partition coefficient (Wildman–Crippen LogP) is 1.20. The third-order valence-corrected chi connectivity index (χ3v) is 1.42. The van der Waals surface area contributed by atoms with E-state index in [9.17, 15) is 4.79 Å². The summed E-state index contributed by atoms with van der Waals surface area (Å²) < 4.78 is 4.96. The lowest BCUT2D eigenvalue weighted by atomic mass is 9.97. The SMILES string of the molecule is CC(CO)COC(=O)C(C)(C)C. The van der Waals surface area contributed by atoms with Gasteiger partial charge in [0.15, 0.2) is 0 Å². The Morgan fingerprint density at radius 2 is 2.00 bits per heavy atom. The van der Waals surface area contributed by atoms with Crippen LogP contribution < -0.4 is 0 Å². The molecule has 0 aromatic heterocycles. The minimum absolute atomic E-state index is 0.0244. The highest BCUT2D eigenvalue weighted by atomic mass is 16.5. The average Bonchev–Trinajstić information content (AvgIpc) is 1.97. The molecule has 0 bridgehead atoms. The molecule has 3 heteroatoms. The maximum absolute atomic E-state index is 11.2. The minimum Gasteiger partial charge on any atom is -0.465 e. The lowest BCUT2D eigenvalue weighted by Crippen LogP contribution is -2.25. The molecule has 1 atom stereocenters. The van der Waals surface area contributed by atoms with Gasteiger partial charge in [0.25, 0.3) is 0 Å². The van der Waals surface area contributed by atoms with Crippen molar-refractivity contribution in [2.45, 2.75) is 27.7 Å². The van der Waals surface area contributed by atoms with E-state index in [0.29, 0.717) is 6.61 Å². The van der Waals surface area contributed by atoms with Crippen LogP contribution in [0.5, 0.6) is 0 Å². The Morgan fingerprint density at radius 1 is 1.50 bits per heavy atom. The van der Waals surface area contributed by atoms with Crippen molar-refractivity contribution in [1.82, 2.24) is 0 Å². The first kappa shape index (κ1) is 11.4. The van der Waals surface area contributed by atoms with E-state index in [-0.39, 0.29) is 18.5 Å². The molecule has 0 fully saturated rings. The van der Waals surface area contributed by atoms with Crippen LogP contribution in [0, 0.1) is 11.3 Å². The zero-order valence-corrected chi connectivity index (χ0v) is 8.26. The third kappa shape index (κ3) is 4.34. The number of esters is 1. The molecule has 0 saturated heterocycles. The van der Waals surface area contributed by atoms with Gasteiger partial charge in [-0.3, -0.25) is 4.79 Å². The topological polar surface area (TPSA) is 46.5 Å². The van der Waals surface area contributed by atoms with Gasteiger partial charge in [0.2, 0.25) is 0 Å². The van der Waals surface area contributed by atoms with Crippen LogP contribution in [0.2, 0.25) is 0 Å². The van der Waals surface area contributed by atoms with E-state index >= 15 is 0 Å². The summed E-state index contributed by atoms with van der Waals surface area (Å²) in [4.78, 5) is 11.2. The van der Waals surface area contributed by atoms with E-state index in [4.69, 9.17) is 9.84 Å². The number of carbonyl (C=O) groups is 1. The first-order valence-electron chi connectivity index (χ1n) is 4.16. The molecule has 0 aromatic carbocycles. The highest BCUT2D eigenvalue weighted by molar-refractivity contribution is 5.75. The fourth-order valence-corrected chi connectivity index (χ4v) is 0.487. The standard InChI is InChI=1S/C9H18O3/c1-7(5-10)6-12-8(11)9(2,3)4/h7,10H,5-6H2,1-4H3. The van der Waals surface area contributed by atoms with Gasteiger partial charge < -0.3 is 9.84 Å². The van der Waals surface area contributed by atoms with E-state index in [1.54, 1.807) is 20.8 Å². The summed E-state index contributed by atoms with van der Waals surface area (Å²) in [7, 11) is 0. The average molecular weight is 174 g/mol. The molecule has 12 heavy (non-hydrogen) atoms. The van der Waals surface area contributed by atoms with E-state index < -0.39 is 5.41 Å². The normalized spacial score (nSPS) is 14.1. The molecule has 72 valence electrons. The second-order valence-electron chi connectivity index (χ2n) is 4.14. The largest absolute Gasteiger partial charge is 0.465 e. The molecule has 3 nitrogen and oxygen atoms in total. The predicted molar refractivity (Wildman–Crippen MR) is 46.7 cm³/mol. The van der Waals surface area contributed by atoms with Crippen molar-refractivity contribution in [2.24, 2.45) is 11.3 Å². The Hall–Kier alpha value is -0.570. The summed E-state index contributed by atoms with van der Waals surface area (Å²) in [5, 5.41) is 8.66. The molecule has 1 N–H and O–H groups in total. The van der Waals surface area contributed by atoms with Gasteiger partial charge in [-0.1, -0.05) is 6.92 Å². The van der Waals surface area contributed by atoms with Crippen molar-refractivity contribution < 1.29 is 14.6 Å². The second kappa shape index (κ2) is 4.45. The molecule has 0 aliphatic rings. The van der Waals surface area contributed by atoms with Gasteiger partial charge in [0, 0.05) is 12.5 Å². The first-order chi connectivity index (χ1) is 5.38. The number of carbonyl (C=O) groups excluding carboxylic acids is 1. The van der Waals surface area contributed by atoms with Crippen LogP contribution in [-0.4, -0.2) is 24.3 Å². The molecule has 0 aliphatic heterocycles.